The summed E-state index contributed by atoms with van der Waals surface area (Å²) < 4.78 is 0. The topological polar surface area (TPSA) is 83.7 Å². The fraction of sp³-hybridized carbons (Fsp3) is 0.500. The number of hydrogen-bond acceptors (Lipinski definition) is 4. The second-order valence-corrected chi connectivity index (χ2v) is 5.61. The first-order chi connectivity index (χ1) is 9.32. The van der Waals surface area contributed by atoms with Crippen LogP contribution in [-0.2, 0) is 11.2 Å². The molecule has 0 bridgehead atoms. The lowest BCUT2D eigenvalue weighted by molar-refractivity contribution is -0.384. The highest BCUT2D eigenvalue weighted by atomic mass is 16.6. The van der Waals surface area contributed by atoms with Gasteiger partial charge in [0.05, 0.1) is 24.4 Å². The Morgan fingerprint density at radius 1 is 1.40 bits per heavy atom. The zero-order valence-corrected chi connectivity index (χ0v) is 11.6. The molecular formula is C14H18N2O4. The van der Waals surface area contributed by atoms with Crippen molar-refractivity contribution in [1.29, 1.82) is 0 Å². The Hall–Kier alpha value is -1.95. The van der Waals surface area contributed by atoms with E-state index in [1.54, 1.807) is 17.0 Å². The van der Waals surface area contributed by atoms with Gasteiger partial charge in [-0.15, -0.1) is 0 Å². The van der Waals surface area contributed by atoms with Gasteiger partial charge in [0.2, 0.25) is 5.91 Å². The molecule has 1 aromatic carbocycles. The van der Waals surface area contributed by atoms with Gasteiger partial charge in [-0.3, -0.25) is 14.9 Å². The normalized spacial score (nSPS) is 16.9. The monoisotopic (exact) mass is 278 g/mol. The molecular weight excluding hydrogens is 260 g/mol. The molecule has 20 heavy (non-hydrogen) atoms. The Labute approximate surface area is 117 Å². The molecule has 0 radical (unpaired) electrons. The van der Waals surface area contributed by atoms with Crippen molar-refractivity contribution in [2.24, 2.45) is 5.92 Å². The third-order valence-corrected chi connectivity index (χ3v) is 3.86. The molecule has 0 aromatic heterocycles. The van der Waals surface area contributed by atoms with E-state index in [9.17, 15) is 20.0 Å². The Bertz CT molecular complexity index is 518. The van der Waals surface area contributed by atoms with Crippen LogP contribution in [0.3, 0.4) is 0 Å². The third kappa shape index (κ3) is 2.80. The van der Waals surface area contributed by atoms with Gasteiger partial charge < -0.3 is 10.0 Å². The van der Waals surface area contributed by atoms with E-state index in [0.717, 1.165) is 5.56 Å². The Morgan fingerprint density at radius 2 is 1.95 bits per heavy atom. The number of carbonyl (C=O) groups is 1. The van der Waals surface area contributed by atoms with E-state index >= 15 is 0 Å². The average Bonchev–Trinajstić information content (AvgIpc) is 2.35. The second kappa shape index (κ2) is 5.20. The van der Waals surface area contributed by atoms with Crippen LogP contribution in [0, 0.1) is 16.0 Å². The number of likely N-dealkylation sites (tertiary alicyclic amines) is 1. The van der Waals surface area contributed by atoms with Gasteiger partial charge in [0.1, 0.15) is 5.60 Å². The lowest BCUT2D eigenvalue weighted by Gasteiger charge is -2.49. The van der Waals surface area contributed by atoms with Crippen molar-refractivity contribution in [1.82, 2.24) is 4.90 Å². The van der Waals surface area contributed by atoms with E-state index in [-0.39, 0.29) is 23.9 Å². The van der Waals surface area contributed by atoms with Gasteiger partial charge in [0.25, 0.3) is 5.69 Å². The van der Waals surface area contributed by atoms with E-state index in [2.05, 4.69) is 0 Å². The summed E-state index contributed by atoms with van der Waals surface area (Å²) in [6, 6.07) is 5.96. The highest BCUT2D eigenvalue weighted by molar-refractivity contribution is 5.80. The number of nitrogens with zero attached hydrogens (tertiary/aromatic N) is 2. The van der Waals surface area contributed by atoms with E-state index in [1.807, 2.05) is 13.8 Å². The average molecular weight is 278 g/mol. The van der Waals surface area contributed by atoms with Crippen molar-refractivity contribution >= 4 is 11.6 Å². The van der Waals surface area contributed by atoms with Crippen molar-refractivity contribution in [3.8, 4) is 0 Å². The van der Waals surface area contributed by atoms with Crippen LogP contribution in [-0.4, -0.2) is 39.5 Å². The van der Waals surface area contributed by atoms with E-state index in [4.69, 9.17) is 0 Å². The maximum absolute atomic E-state index is 12.0. The number of nitro benzene ring substituents is 1. The van der Waals surface area contributed by atoms with Crippen molar-refractivity contribution in [2.75, 3.05) is 13.1 Å². The zero-order chi connectivity index (χ0) is 14.9. The van der Waals surface area contributed by atoms with E-state index in [0.29, 0.717) is 13.1 Å². The van der Waals surface area contributed by atoms with Gasteiger partial charge in [-0.2, -0.15) is 0 Å². The summed E-state index contributed by atoms with van der Waals surface area (Å²) in [4.78, 5) is 23.7. The van der Waals surface area contributed by atoms with Crippen LogP contribution < -0.4 is 0 Å². The molecule has 0 saturated carbocycles. The quantitative estimate of drug-likeness (QED) is 0.666. The Balaban J connectivity index is 1.92. The summed E-state index contributed by atoms with van der Waals surface area (Å²) in [7, 11) is 0. The van der Waals surface area contributed by atoms with E-state index < -0.39 is 10.5 Å². The molecule has 0 aliphatic carbocycles. The smallest absolute Gasteiger partial charge is 0.269 e. The van der Waals surface area contributed by atoms with Crippen LogP contribution in [0.4, 0.5) is 5.69 Å². The minimum absolute atomic E-state index is 0.0133. The Kier molecular flexibility index (Phi) is 3.76. The van der Waals surface area contributed by atoms with Crippen molar-refractivity contribution in [3.63, 3.8) is 0 Å². The van der Waals surface area contributed by atoms with Crippen LogP contribution in [0.25, 0.3) is 0 Å². The largest absolute Gasteiger partial charge is 0.386 e. The van der Waals surface area contributed by atoms with Crippen LogP contribution >= 0.6 is 0 Å². The molecule has 1 aromatic rings. The van der Waals surface area contributed by atoms with Crippen LogP contribution in [0.15, 0.2) is 24.3 Å². The van der Waals surface area contributed by atoms with E-state index in [1.165, 1.54) is 12.1 Å². The number of β-amino-alcohol motifs (C(OH)–C–C–N with tert-alkyl or cyclic N) is 1. The maximum atomic E-state index is 12.0. The lowest BCUT2D eigenvalue weighted by Crippen LogP contribution is -2.66. The molecule has 1 amide bonds. The number of amides is 1. The number of nitro groups is 1. The van der Waals surface area contributed by atoms with Crippen molar-refractivity contribution in [2.45, 2.75) is 25.9 Å². The van der Waals surface area contributed by atoms with Gasteiger partial charge in [-0.1, -0.05) is 26.0 Å². The fourth-order valence-electron chi connectivity index (χ4n) is 2.18. The van der Waals surface area contributed by atoms with Crippen LogP contribution in [0.2, 0.25) is 0 Å². The van der Waals surface area contributed by atoms with Crippen LogP contribution in [0.5, 0.6) is 0 Å². The molecule has 0 spiro atoms. The first-order valence-electron chi connectivity index (χ1n) is 6.55. The molecule has 6 heteroatoms. The number of non-ortho nitro benzene ring substituents is 1. The standard InChI is InChI=1S/C14H18N2O4/c1-10(2)14(18)8-15(9-14)13(17)7-11-3-5-12(6-4-11)16(19)20/h3-6,10,18H,7-9H2,1-2H3. The summed E-state index contributed by atoms with van der Waals surface area (Å²) in [5, 5.41) is 20.6. The second-order valence-electron chi connectivity index (χ2n) is 5.61. The molecule has 2 rings (SSSR count). The van der Waals surface area contributed by atoms with Gasteiger partial charge in [-0.25, -0.2) is 0 Å². The highest BCUT2D eigenvalue weighted by Gasteiger charge is 2.45. The molecule has 1 N–H and O–H groups in total. The van der Waals surface area contributed by atoms with Crippen LogP contribution in [0.1, 0.15) is 19.4 Å². The van der Waals surface area contributed by atoms with Crippen molar-refractivity contribution in [3.05, 3.63) is 39.9 Å². The molecule has 1 saturated heterocycles. The summed E-state index contributed by atoms with van der Waals surface area (Å²) in [6.07, 6.45) is 0.201. The molecule has 1 aliphatic heterocycles. The Morgan fingerprint density at radius 3 is 2.40 bits per heavy atom. The number of hydrogen-bond donors (Lipinski definition) is 1. The summed E-state index contributed by atoms with van der Waals surface area (Å²) in [5.74, 6) is 0.0510. The molecule has 1 heterocycles. The first-order valence-corrected chi connectivity index (χ1v) is 6.55. The number of benzene rings is 1. The van der Waals surface area contributed by atoms with Crippen molar-refractivity contribution < 1.29 is 14.8 Å². The molecule has 0 unspecified atom stereocenters. The minimum Gasteiger partial charge on any atom is -0.386 e. The lowest BCUT2D eigenvalue weighted by atomic mass is 9.83. The molecule has 108 valence electrons. The minimum atomic E-state index is -0.773. The summed E-state index contributed by atoms with van der Waals surface area (Å²) in [6.45, 7) is 4.57. The molecule has 6 nitrogen and oxygen atoms in total. The fourth-order valence-corrected chi connectivity index (χ4v) is 2.18. The molecule has 1 fully saturated rings. The number of carbonyl (C=O) groups excluding carboxylic acids is 1. The molecule has 1 aliphatic rings. The summed E-state index contributed by atoms with van der Waals surface area (Å²) >= 11 is 0. The predicted molar refractivity (Wildman–Crippen MR) is 73.2 cm³/mol. The predicted octanol–water partition coefficient (Wildman–Crippen LogP) is 1.37. The zero-order valence-electron chi connectivity index (χ0n) is 11.6. The highest BCUT2D eigenvalue weighted by Crippen LogP contribution is 2.29. The SMILES string of the molecule is CC(C)C1(O)CN(C(=O)Cc2ccc([N+](=O)[O-])cc2)C1. The molecule has 0 atom stereocenters. The maximum Gasteiger partial charge on any atom is 0.269 e. The number of rotatable bonds is 4. The van der Waals surface area contributed by atoms with Gasteiger partial charge >= 0.3 is 0 Å². The first kappa shape index (κ1) is 14.5. The van der Waals surface area contributed by atoms with Gasteiger partial charge in [0.15, 0.2) is 0 Å². The third-order valence-electron chi connectivity index (χ3n) is 3.86. The number of aliphatic hydroxyl groups is 1. The summed E-state index contributed by atoms with van der Waals surface area (Å²) in [5.41, 5.74) is -0.0228. The van der Waals surface area contributed by atoms with Gasteiger partial charge in [0, 0.05) is 12.1 Å². The van der Waals surface area contributed by atoms with Gasteiger partial charge in [-0.05, 0) is 11.5 Å².